The second-order valence-corrected chi connectivity index (χ2v) is 16.6. The fourth-order valence-corrected chi connectivity index (χ4v) is 5.39. The molecule has 0 spiro atoms. The zero-order valence-electron chi connectivity index (χ0n) is 27.9. The summed E-state index contributed by atoms with van der Waals surface area (Å²) in [4.78, 5) is 9.96. The maximum absolute atomic E-state index is 12.1. The smallest absolute Gasteiger partial charge is 0.333 e. The van der Waals surface area contributed by atoms with Crippen LogP contribution in [0.25, 0.3) is 0 Å². The lowest BCUT2D eigenvalue weighted by Gasteiger charge is -2.43. The van der Waals surface area contributed by atoms with Crippen LogP contribution in [0.1, 0.15) is 80.6 Å². The van der Waals surface area contributed by atoms with Gasteiger partial charge in [-0.2, -0.15) is 0 Å². The van der Waals surface area contributed by atoms with E-state index < -0.39 is 74.0 Å². The normalized spacial score (nSPS) is 34.5. The maximum Gasteiger partial charge on any atom is 0.333 e. The lowest BCUT2D eigenvalue weighted by molar-refractivity contribution is -0.324. The monoisotopic (exact) mass is 674 g/mol. The first kappa shape index (κ1) is 40.9. The number of aliphatic hydroxyl groups excluding tert-OH is 5. The molecule has 2 heterocycles. The third-order valence-electron chi connectivity index (χ3n) is 7.79. The minimum Gasteiger partial charge on any atom is -0.390 e. The van der Waals surface area contributed by atoms with E-state index in [2.05, 4.69) is 0 Å². The van der Waals surface area contributed by atoms with Crippen LogP contribution in [0.4, 0.5) is 0 Å². The highest BCUT2D eigenvalue weighted by Gasteiger charge is 2.47. The zero-order valence-corrected chi connectivity index (χ0v) is 28.8. The van der Waals surface area contributed by atoms with Crippen LogP contribution in [0.3, 0.4) is 0 Å². The molecule has 2 aliphatic heterocycles. The molecule has 14 nitrogen and oxygen atoms in total. The molecule has 2 fully saturated rings. The molecule has 0 saturated carbocycles. The van der Waals surface area contributed by atoms with Gasteiger partial charge in [-0.05, 0) is 73.6 Å². The highest BCUT2D eigenvalue weighted by molar-refractivity contribution is 7.54. The van der Waals surface area contributed by atoms with Crippen LogP contribution in [0.2, 0.25) is 0 Å². The molecule has 15 heteroatoms. The van der Waals surface area contributed by atoms with Gasteiger partial charge in [-0.15, -0.1) is 0 Å². The first-order valence-corrected chi connectivity index (χ1v) is 17.6. The predicted octanol–water partition coefficient (Wildman–Crippen LogP) is 1.69. The Balaban J connectivity index is 1.77. The molecule has 2 saturated heterocycles. The van der Waals surface area contributed by atoms with Crippen molar-refractivity contribution in [2.75, 3.05) is 39.6 Å². The van der Waals surface area contributed by atoms with E-state index in [9.17, 15) is 35.0 Å². The summed E-state index contributed by atoms with van der Waals surface area (Å²) in [5, 5.41) is 51.6. The van der Waals surface area contributed by atoms with Crippen molar-refractivity contribution in [2.45, 2.75) is 147 Å². The number of unbranched alkanes of at least 4 members (excludes halogenated alkanes) is 3. The Kier molecular flexibility index (Phi) is 16.8. The van der Waals surface area contributed by atoms with Gasteiger partial charge < -0.3 is 63.4 Å². The van der Waals surface area contributed by atoms with Gasteiger partial charge in [0, 0.05) is 25.7 Å². The maximum atomic E-state index is 12.1. The quantitative estimate of drug-likeness (QED) is 0.0905. The van der Waals surface area contributed by atoms with Crippen molar-refractivity contribution in [3.63, 3.8) is 0 Å². The Bertz CT molecular complexity index is 880. The molecule has 11 atom stereocenters. The van der Waals surface area contributed by atoms with Crippen LogP contribution < -0.4 is 0 Å². The Morgan fingerprint density at radius 2 is 1.20 bits per heavy atom. The summed E-state index contributed by atoms with van der Waals surface area (Å²) in [7, 11) is -3.72. The van der Waals surface area contributed by atoms with Gasteiger partial charge in [-0.3, -0.25) is 4.57 Å². The molecule has 2 aliphatic rings. The summed E-state index contributed by atoms with van der Waals surface area (Å²) in [6.07, 6.45) is -7.78. The summed E-state index contributed by atoms with van der Waals surface area (Å²) in [6, 6.07) is 0. The molecule has 0 aromatic carbocycles. The van der Waals surface area contributed by atoms with Crippen LogP contribution in [-0.2, 0) is 37.5 Å². The first-order valence-electron chi connectivity index (χ1n) is 16.0. The van der Waals surface area contributed by atoms with Crippen LogP contribution in [-0.4, -0.2) is 136 Å². The average Bonchev–Trinajstić information content (AvgIpc) is 2.94. The molecule has 45 heavy (non-hydrogen) atoms. The summed E-state index contributed by atoms with van der Waals surface area (Å²) < 4.78 is 51.8. The summed E-state index contributed by atoms with van der Waals surface area (Å²) in [5.41, 5.74) is -0.201. The highest BCUT2D eigenvalue weighted by atomic mass is 31.2. The fourth-order valence-electron chi connectivity index (χ4n) is 4.63. The SMILES string of the molecule is CC1C(OCC2OC(OCCCCCOP(=O)(O)C(C)(C)C)C(O)C(O)C2O)OC(COCCCCOC(C)(C)C)C(O)C1O. The minimum atomic E-state index is -3.72. The zero-order chi connectivity index (χ0) is 34.0. The standard InChI is InChI=1S/C30H59O14P/c1-19-22(31)23(32)20(17-38-13-11-12-15-41-29(2,3)4)43-27(19)40-18-21-24(33)25(34)26(35)28(44-21)39-14-9-8-10-16-42-45(36,37)30(5,6)7/h19-28,31-35H,8-18H2,1-7H3,(H,36,37). The Morgan fingerprint density at radius 1 is 0.644 bits per heavy atom. The van der Waals surface area contributed by atoms with E-state index in [1.807, 2.05) is 20.8 Å². The number of ether oxygens (including phenoxy) is 6. The van der Waals surface area contributed by atoms with Crippen LogP contribution in [0.5, 0.6) is 0 Å². The average molecular weight is 675 g/mol. The van der Waals surface area contributed by atoms with Crippen molar-refractivity contribution in [3.05, 3.63) is 0 Å². The first-order chi connectivity index (χ1) is 20.9. The van der Waals surface area contributed by atoms with E-state index in [1.165, 1.54) is 0 Å². The predicted molar refractivity (Wildman–Crippen MR) is 164 cm³/mol. The van der Waals surface area contributed by atoms with Crippen molar-refractivity contribution in [3.8, 4) is 0 Å². The van der Waals surface area contributed by atoms with E-state index >= 15 is 0 Å². The highest BCUT2D eigenvalue weighted by Crippen LogP contribution is 2.54. The Morgan fingerprint density at radius 3 is 1.84 bits per heavy atom. The number of aliphatic hydroxyl groups is 5. The molecule has 268 valence electrons. The van der Waals surface area contributed by atoms with Gasteiger partial charge in [-0.1, -0.05) is 6.92 Å². The second-order valence-electron chi connectivity index (χ2n) is 13.9. The molecular weight excluding hydrogens is 615 g/mol. The topological polar surface area (TPSA) is 203 Å². The second kappa shape index (κ2) is 18.5. The van der Waals surface area contributed by atoms with Gasteiger partial charge in [0.2, 0.25) is 0 Å². The summed E-state index contributed by atoms with van der Waals surface area (Å²) >= 11 is 0. The van der Waals surface area contributed by atoms with E-state index in [-0.39, 0.29) is 32.0 Å². The van der Waals surface area contributed by atoms with Crippen LogP contribution in [0.15, 0.2) is 0 Å². The molecule has 0 radical (unpaired) electrons. The molecule has 0 amide bonds. The van der Waals surface area contributed by atoms with Gasteiger partial charge in [0.25, 0.3) is 0 Å². The molecule has 0 bridgehead atoms. The van der Waals surface area contributed by atoms with E-state index in [1.54, 1.807) is 27.7 Å². The Hall–Kier alpha value is -0.290. The molecular formula is C30H59O14P. The van der Waals surface area contributed by atoms with Crippen molar-refractivity contribution in [1.29, 1.82) is 0 Å². The third kappa shape index (κ3) is 13.3. The molecule has 0 aromatic heterocycles. The van der Waals surface area contributed by atoms with Gasteiger partial charge in [-0.25, -0.2) is 0 Å². The Labute approximate surface area is 267 Å². The summed E-state index contributed by atoms with van der Waals surface area (Å²) in [6.45, 7) is 13.6. The molecule has 6 N–H and O–H groups in total. The molecule has 0 aromatic rings. The van der Waals surface area contributed by atoms with E-state index in [0.717, 1.165) is 12.8 Å². The van der Waals surface area contributed by atoms with Crippen molar-refractivity contribution in [1.82, 2.24) is 0 Å². The largest absolute Gasteiger partial charge is 0.390 e. The van der Waals surface area contributed by atoms with Crippen molar-refractivity contribution in [2.24, 2.45) is 5.92 Å². The fraction of sp³-hybridized carbons (Fsp3) is 1.00. The number of hydrogen-bond donors (Lipinski definition) is 6. The summed E-state index contributed by atoms with van der Waals surface area (Å²) in [5.74, 6) is -0.624. The van der Waals surface area contributed by atoms with Crippen LogP contribution in [0, 0.1) is 5.92 Å². The van der Waals surface area contributed by atoms with Crippen molar-refractivity contribution < 1.29 is 67.9 Å². The van der Waals surface area contributed by atoms with Gasteiger partial charge in [0.05, 0.1) is 36.7 Å². The van der Waals surface area contributed by atoms with Gasteiger partial charge >= 0.3 is 7.60 Å². The van der Waals surface area contributed by atoms with E-state index in [0.29, 0.717) is 32.5 Å². The van der Waals surface area contributed by atoms with Gasteiger partial charge in [0.1, 0.15) is 36.6 Å². The number of rotatable bonds is 18. The molecule has 11 unspecified atom stereocenters. The van der Waals surface area contributed by atoms with E-state index in [4.69, 9.17) is 32.9 Å². The van der Waals surface area contributed by atoms with Crippen LogP contribution >= 0.6 is 7.60 Å². The van der Waals surface area contributed by atoms with Gasteiger partial charge in [0.15, 0.2) is 12.6 Å². The minimum absolute atomic E-state index is 0.0380. The lowest BCUT2D eigenvalue weighted by Crippen LogP contribution is -2.60. The molecule has 0 aliphatic carbocycles. The number of hydrogen-bond acceptors (Lipinski definition) is 13. The third-order valence-corrected chi connectivity index (χ3v) is 10.0. The lowest BCUT2D eigenvalue weighted by atomic mass is 9.92. The van der Waals surface area contributed by atoms with Crippen molar-refractivity contribution >= 4 is 7.60 Å². The molecule has 2 rings (SSSR count).